The van der Waals surface area contributed by atoms with Crippen LogP contribution in [-0.2, 0) is 0 Å². The molecule has 0 aliphatic heterocycles. The zero-order chi connectivity index (χ0) is 15.5. The maximum absolute atomic E-state index is 12.4. The van der Waals surface area contributed by atoms with Crippen LogP contribution in [0.25, 0.3) is 0 Å². The van der Waals surface area contributed by atoms with E-state index < -0.39 is 5.54 Å². The molecule has 1 N–H and O–H groups in total. The second kappa shape index (κ2) is 6.81. The fourth-order valence-corrected chi connectivity index (χ4v) is 3.66. The normalized spacial score (nSPS) is 25.1. The fourth-order valence-electron chi connectivity index (χ4n) is 2.80. The number of halogens is 2. The van der Waals surface area contributed by atoms with E-state index >= 15 is 0 Å². The van der Waals surface area contributed by atoms with Gasteiger partial charge in [-0.05, 0) is 65.7 Å². The fraction of sp³-hybridized carbons (Fsp3) is 0.500. The van der Waals surface area contributed by atoms with Crippen LogP contribution in [0, 0.1) is 17.2 Å². The maximum atomic E-state index is 12.4. The van der Waals surface area contributed by atoms with Gasteiger partial charge in [-0.1, -0.05) is 24.9 Å². The number of nitrogens with one attached hydrogen (secondary N) is 1. The van der Waals surface area contributed by atoms with E-state index in [9.17, 15) is 10.1 Å². The minimum atomic E-state index is -0.734. The van der Waals surface area contributed by atoms with Gasteiger partial charge < -0.3 is 5.32 Å². The first-order valence-corrected chi connectivity index (χ1v) is 8.35. The average Bonchev–Trinajstić information content (AvgIpc) is 2.47. The molecule has 1 aliphatic rings. The molecule has 1 fully saturated rings. The third kappa shape index (κ3) is 3.78. The van der Waals surface area contributed by atoms with Crippen molar-refractivity contribution in [3.05, 3.63) is 33.3 Å². The molecule has 1 aromatic carbocycles. The lowest BCUT2D eigenvalue weighted by Crippen LogP contribution is -2.49. The van der Waals surface area contributed by atoms with Gasteiger partial charge in [0.2, 0.25) is 0 Å². The topological polar surface area (TPSA) is 52.9 Å². The Morgan fingerprint density at radius 3 is 2.71 bits per heavy atom. The number of nitrogens with zero attached hydrogens (tertiary/aromatic N) is 1. The van der Waals surface area contributed by atoms with Gasteiger partial charge in [0.25, 0.3) is 5.91 Å². The highest BCUT2D eigenvalue weighted by Gasteiger charge is 2.36. The van der Waals surface area contributed by atoms with Crippen molar-refractivity contribution in [3.63, 3.8) is 0 Å². The Hall–Kier alpha value is -1.05. The molecule has 2 rings (SSSR count). The predicted octanol–water partition coefficient (Wildman–Crippen LogP) is 4.69. The molecule has 0 bridgehead atoms. The highest BCUT2D eigenvalue weighted by Crippen LogP contribution is 2.34. The lowest BCUT2D eigenvalue weighted by molar-refractivity contribution is 0.0890. The first-order valence-electron chi connectivity index (χ1n) is 7.18. The Balaban J connectivity index is 2.12. The van der Waals surface area contributed by atoms with E-state index in [1.54, 1.807) is 18.2 Å². The van der Waals surface area contributed by atoms with Crippen molar-refractivity contribution in [2.45, 2.75) is 44.6 Å². The number of benzene rings is 1. The van der Waals surface area contributed by atoms with Crippen LogP contribution in [-0.4, -0.2) is 11.4 Å². The van der Waals surface area contributed by atoms with Gasteiger partial charge in [0, 0.05) is 9.50 Å². The molecule has 1 saturated carbocycles. The summed E-state index contributed by atoms with van der Waals surface area (Å²) in [5.41, 5.74) is -0.228. The number of hydrogen-bond donors (Lipinski definition) is 1. The Labute approximate surface area is 138 Å². The van der Waals surface area contributed by atoms with Gasteiger partial charge in [-0.25, -0.2) is 0 Å². The molecule has 1 aliphatic carbocycles. The van der Waals surface area contributed by atoms with Gasteiger partial charge in [-0.15, -0.1) is 0 Å². The summed E-state index contributed by atoms with van der Waals surface area (Å²) in [6, 6.07) is 7.35. The third-order valence-electron chi connectivity index (χ3n) is 4.28. The van der Waals surface area contributed by atoms with Crippen LogP contribution in [0.4, 0.5) is 0 Å². The Morgan fingerprint density at radius 1 is 1.52 bits per heavy atom. The van der Waals surface area contributed by atoms with E-state index in [4.69, 9.17) is 11.6 Å². The summed E-state index contributed by atoms with van der Waals surface area (Å²) in [6.07, 6.45) is 4.56. The summed E-state index contributed by atoms with van der Waals surface area (Å²) in [4.78, 5) is 12.4. The highest BCUT2D eigenvalue weighted by molar-refractivity contribution is 9.10. The lowest BCUT2D eigenvalue weighted by Gasteiger charge is -2.35. The Bertz CT molecular complexity index is 574. The molecule has 0 unspecified atom stereocenters. The second-order valence-electron chi connectivity index (χ2n) is 5.62. The van der Waals surface area contributed by atoms with Crippen molar-refractivity contribution >= 4 is 33.4 Å². The van der Waals surface area contributed by atoms with E-state index in [0.717, 1.165) is 32.1 Å². The average molecular weight is 370 g/mol. The van der Waals surface area contributed by atoms with E-state index in [2.05, 4.69) is 34.2 Å². The zero-order valence-electron chi connectivity index (χ0n) is 12.0. The standard InChI is InChI=1S/C16H18BrClN2O/c1-2-11-5-7-16(10-19,8-6-11)20-15(21)13-4-3-12(18)9-14(13)17/h3-4,9,11H,2,5-8H2,1H3,(H,20,21). The van der Waals surface area contributed by atoms with Gasteiger partial charge in [-0.2, -0.15) is 5.26 Å². The monoisotopic (exact) mass is 368 g/mol. The van der Waals surface area contributed by atoms with Gasteiger partial charge in [0.1, 0.15) is 5.54 Å². The number of nitriles is 1. The first-order chi connectivity index (χ1) is 9.99. The number of hydrogen-bond acceptors (Lipinski definition) is 2. The molecule has 0 atom stereocenters. The molecule has 5 heteroatoms. The van der Waals surface area contributed by atoms with E-state index in [0.29, 0.717) is 21.0 Å². The van der Waals surface area contributed by atoms with Crippen LogP contribution < -0.4 is 5.32 Å². The van der Waals surface area contributed by atoms with Gasteiger partial charge in [-0.3, -0.25) is 4.79 Å². The van der Waals surface area contributed by atoms with Gasteiger partial charge in [0.15, 0.2) is 0 Å². The first kappa shape index (κ1) is 16.3. The van der Waals surface area contributed by atoms with Crippen molar-refractivity contribution in [2.75, 3.05) is 0 Å². The van der Waals surface area contributed by atoms with Crippen LogP contribution in [0.3, 0.4) is 0 Å². The minimum Gasteiger partial charge on any atom is -0.334 e. The minimum absolute atomic E-state index is 0.227. The SMILES string of the molecule is CCC1CCC(C#N)(NC(=O)c2ccc(Cl)cc2Br)CC1. The molecule has 0 heterocycles. The lowest BCUT2D eigenvalue weighted by atomic mass is 9.76. The van der Waals surface area contributed by atoms with Crippen LogP contribution in [0.5, 0.6) is 0 Å². The Kier molecular flexibility index (Phi) is 5.29. The molecular weight excluding hydrogens is 352 g/mol. The van der Waals surface area contributed by atoms with Crippen molar-refractivity contribution in [3.8, 4) is 6.07 Å². The molecule has 112 valence electrons. The highest BCUT2D eigenvalue weighted by atomic mass is 79.9. The van der Waals surface area contributed by atoms with Crippen LogP contribution >= 0.6 is 27.5 Å². The summed E-state index contributed by atoms with van der Waals surface area (Å²) < 4.78 is 0.642. The van der Waals surface area contributed by atoms with Crippen molar-refractivity contribution in [1.29, 1.82) is 5.26 Å². The van der Waals surface area contributed by atoms with Gasteiger partial charge in [0.05, 0.1) is 11.6 Å². The van der Waals surface area contributed by atoms with Crippen LogP contribution in [0.2, 0.25) is 5.02 Å². The van der Waals surface area contributed by atoms with Crippen molar-refractivity contribution < 1.29 is 4.79 Å². The van der Waals surface area contributed by atoms with Crippen LogP contribution in [0.1, 0.15) is 49.4 Å². The summed E-state index contributed by atoms with van der Waals surface area (Å²) in [5, 5.41) is 13.0. The second-order valence-corrected chi connectivity index (χ2v) is 6.91. The van der Waals surface area contributed by atoms with E-state index in [1.165, 1.54) is 0 Å². The molecule has 1 amide bonds. The molecule has 0 saturated heterocycles. The smallest absolute Gasteiger partial charge is 0.253 e. The molecule has 3 nitrogen and oxygen atoms in total. The van der Waals surface area contributed by atoms with E-state index in [-0.39, 0.29) is 5.91 Å². The third-order valence-corrected chi connectivity index (χ3v) is 5.17. The molecule has 0 aromatic heterocycles. The molecular formula is C16H18BrClN2O. The number of carbonyl (C=O) groups is 1. The largest absolute Gasteiger partial charge is 0.334 e. The summed E-state index contributed by atoms with van der Waals surface area (Å²) >= 11 is 9.23. The molecule has 1 aromatic rings. The number of rotatable bonds is 3. The molecule has 0 radical (unpaired) electrons. The summed E-state index contributed by atoms with van der Waals surface area (Å²) in [5.74, 6) is 0.445. The van der Waals surface area contributed by atoms with Crippen LogP contribution in [0.15, 0.2) is 22.7 Å². The zero-order valence-corrected chi connectivity index (χ0v) is 14.3. The summed E-state index contributed by atoms with van der Waals surface area (Å²) in [7, 11) is 0. The predicted molar refractivity (Wildman–Crippen MR) is 87.2 cm³/mol. The maximum Gasteiger partial charge on any atom is 0.253 e. The van der Waals surface area contributed by atoms with Crippen molar-refractivity contribution in [2.24, 2.45) is 5.92 Å². The Morgan fingerprint density at radius 2 is 2.19 bits per heavy atom. The molecule has 21 heavy (non-hydrogen) atoms. The molecule has 0 spiro atoms. The van der Waals surface area contributed by atoms with Crippen molar-refractivity contribution in [1.82, 2.24) is 5.32 Å². The number of amides is 1. The quantitative estimate of drug-likeness (QED) is 0.840. The number of carbonyl (C=O) groups excluding carboxylic acids is 1. The summed E-state index contributed by atoms with van der Waals surface area (Å²) in [6.45, 7) is 2.17. The van der Waals surface area contributed by atoms with E-state index in [1.807, 2.05) is 0 Å². The van der Waals surface area contributed by atoms with Gasteiger partial charge >= 0.3 is 0 Å².